The largest absolute Gasteiger partial charge is 0.481 e. The number of rotatable bonds is 7. The van der Waals surface area contributed by atoms with Crippen LogP contribution in [0.5, 0.6) is 0 Å². The van der Waals surface area contributed by atoms with Crippen molar-refractivity contribution in [1.82, 2.24) is 0 Å². The highest BCUT2D eigenvalue weighted by atomic mass is 16.5. The lowest BCUT2D eigenvalue weighted by molar-refractivity contribution is -0.251. The number of hydrogen-bond acceptors (Lipinski definition) is 4. The number of hydrogen-bond donors (Lipinski definition) is 1. The van der Waals surface area contributed by atoms with Gasteiger partial charge in [-0.15, -0.1) is 0 Å². The Morgan fingerprint density at radius 1 is 0.767 bits per heavy atom. The molecule has 0 bridgehead atoms. The lowest BCUT2D eigenvalue weighted by Gasteiger charge is -2.73. The minimum Gasteiger partial charge on any atom is -0.481 e. The highest BCUT2D eigenvalue weighted by molar-refractivity contribution is 5.88. The standard InChI is InChI=1S/C38H60O5/c1-23(2)25-15-20-38(29(39)13-14-31(40)41)22-21-36(6)26(32(25)38)11-12-28-35(5)18-17-30(43-33(42)24-9-8-10-24)34(3,4)27(35)16-19-37(28,36)7/h23-28,30,32H,8-22H2,1-7H3,(H,40,41)/t25-,26?,27?,28?,30+,32?,35-,36+,37+,38+/m0/s1. The van der Waals surface area contributed by atoms with Gasteiger partial charge in [-0.05, 0) is 129 Å². The second kappa shape index (κ2) is 10.6. The SMILES string of the molecule is CC(C)[C@@H]1CC[C@]2(C(=O)CCC(=O)O)CC[C@]3(C)C(CCC4[C@@]5(C)CC[C@@H](OC(=O)C6CCC6)C(C)(C)C5CC[C@]43C)C12. The molecule has 5 nitrogen and oxygen atoms in total. The fraction of sp³-hybridized carbons (Fsp3) is 0.921. The zero-order chi connectivity index (χ0) is 31.2. The summed E-state index contributed by atoms with van der Waals surface area (Å²) >= 11 is 0. The Morgan fingerprint density at radius 2 is 1.49 bits per heavy atom. The summed E-state index contributed by atoms with van der Waals surface area (Å²) in [5.74, 6) is 2.77. The number of aliphatic carboxylic acids is 1. The predicted molar refractivity (Wildman–Crippen MR) is 168 cm³/mol. The average Bonchev–Trinajstić information content (AvgIpc) is 3.29. The molecule has 0 amide bonds. The molecule has 0 radical (unpaired) electrons. The molecule has 1 N–H and O–H groups in total. The van der Waals surface area contributed by atoms with Gasteiger partial charge in [0, 0.05) is 17.3 Å². The van der Waals surface area contributed by atoms with Crippen molar-refractivity contribution in [2.75, 3.05) is 0 Å². The zero-order valence-electron chi connectivity index (χ0n) is 28.3. The van der Waals surface area contributed by atoms with Crippen LogP contribution in [0.25, 0.3) is 0 Å². The van der Waals surface area contributed by atoms with Crippen molar-refractivity contribution >= 4 is 17.7 Å². The van der Waals surface area contributed by atoms with Gasteiger partial charge in [-0.1, -0.05) is 54.9 Å². The number of carboxylic acid groups (broad SMARTS) is 1. The van der Waals surface area contributed by atoms with Crippen molar-refractivity contribution < 1.29 is 24.2 Å². The van der Waals surface area contributed by atoms with Crippen LogP contribution in [0.2, 0.25) is 0 Å². The molecular formula is C38H60O5. The highest BCUT2D eigenvalue weighted by Gasteiger charge is 2.72. The summed E-state index contributed by atoms with van der Waals surface area (Å²) < 4.78 is 6.31. The summed E-state index contributed by atoms with van der Waals surface area (Å²) in [6.45, 7) is 17.4. The van der Waals surface area contributed by atoms with E-state index in [1.165, 1.54) is 25.7 Å². The van der Waals surface area contributed by atoms with E-state index in [1.807, 2.05) is 0 Å². The molecule has 6 saturated carbocycles. The van der Waals surface area contributed by atoms with E-state index in [-0.39, 0.29) is 63.7 Å². The fourth-order valence-electron chi connectivity index (χ4n) is 13.4. The predicted octanol–water partition coefficient (Wildman–Crippen LogP) is 8.87. The van der Waals surface area contributed by atoms with Crippen LogP contribution in [0.3, 0.4) is 0 Å². The van der Waals surface area contributed by atoms with Gasteiger partial charge in [0.1, 0.15) is 11.9 Å². The average molecular weight is 597 g/mol. The molecule has 6 aliphatic carbocycles. The minimum absolute atomic E-state index is 0.0207. The van der Waals surface area contributed by atoms with Crippen LogP contribution in [-0.4, -0.2) is 28.9 Å². The molecule has 242 valence electrons. The van der Waals surface area contributed by atoms with Crippen molar-refractivity contribution in [3.8, 4) is 0 Å². The Kier molecular flexibility index (Phi) is 7.77. The molecule has 0 saturated heterocycles. The molecule has 43 heavy (non-hydrogen) atoms. The van der Waals surface area contributed by atoms with E-state index in [2.05, 4.69) is 48.5 Å². The maximum absolute atomic E-state index is 14.0. The Hall–Kier alpha value is -1.39. The molecule has 0 aromatic rings. The fourth-order valence-corrected chi connectivity index (χ4v) is 13.4. The molecule has 6 fully saturated rings. The van der Waals surface area contributed by atoms with Gasteiger partial charge in [-0.25, -0.2) is 0 Å². The summed E-state index contributed by atoms with van der Waals surface area (Å²) in [5.41, 5.74) is 0.275. The van der Waals surface area contributed by atoms with Crippen molar-refractivity contribution in [2.24, 2.45) is 68.5 Å². The van der Waals surface area contributed by atoms with Crippen LogP contribution in [-0.2, 0) is 19.1 Å². The van der Waals surface area contributed by atoms with Gasteiger partial charge in [-0.2, -0.15) is 0 Å². The van der Waals surface area contributed by atoms with E-state index in [1.54, 1.807) is 0 Å². The van der Waals surface area contributed by atoms with Gasteiger partial charge in [0.15, 0.2) is 0 Å². The molecule has 5 heteroatoms. The third-order valence-corrected chi connectivity index (χ3v) is 16.1. The van der Waals surface area contributed by atoms with Gasteiger partial charge in [0.05, 0.1) is 12.3 Å². The number of carbonyl (C=O) groups excluding carboxylic acids is 2. The van der Waals surface area contributed by atoms with Crippen LogP contribution in [0.1, 0.15) is 145 Å². The van der Waals surface area contributed by atoms with E-state index in [0.29, 0.717) is 35.5 Å². The number of ether oxygens (including phenoxy) is 1. The Balaban J connectivity index is 1.29. The van der Waals surface area contributed by atoms with Gasteiger partial charge in [0.2, 0.25) is 0 Å². The quantitative estimate of drug-likeness (QED) is 0.297. The first-order valence-electron chi connectivity index (χ1n) is 18.1. The summed E-state index contributed by atoms with van der Waals surface area (Å²) in [6.07, 6.45) is 14.4. The summed E-state index contributed by atoms with van der Waals surface area (Å²) in [5, 5.41) is 9.41. The molecule has 6 aliphatic rings. The minimum atomic E-state index is -0.853. The summed E-state index contributed by atoms with van der Waals surface area (Å²) in [6, 6.07) is 0. The van der Waals surface area contributed by atoms with E-state index >= 15 is 0 Å². The topological polar surface area (TPSA) is 80.7 Å². The third-order valence-electron chi connectivity index (χ3n) is 16.1. The molecular weight excluding hydrogens is 536 g/mol. The van der Waals surface area contributed by atoms with Crippen molar-refractivity contribution in [2.45, 2.75) is 151 Å². The number of carbonyl (C=O) groups is 3. The normalized spacial score (nSPS) is 47.0. The van der Waals surface area contributed by atoms with E-state index in [9.17, 15) is 19.5 Å². The maximum Gasteiger partial charge on any atom is 0.309 e. The summed E-state index contributed by atoms with van der Waals surface area (Å²) in [7, 11) is 0. The molecule has 6 rings (SSSR count). The van der Waals surface area contributed by atoms with Gasteiger partial charge in [0.25, 0.3) is 0 Å². The van der Waals surface area contributed by atoms with Crippen molar-refractivity contribution in [1.29, 1.82) is 0 Å². The van der Waals surface area contributed by atoms with Gasteiger partial charge in [-0.3, -0.25) is 14.4 Å². The van der Waals surface area contributed by atoms with Gasteiger partial charge >= 0.3 is 11.9 Å². The number of esters is 1. The van der Waals surface area contributed by atoms with Crippen LogP contribution >= 0.6 is 0 Å². The monoisotopic (exact) mass is 596 g/mol. The summed E-state index contributed by atoms with van der Waals surface area (Å²) in [4.78, 5) is 38.4. The van der Waals surface area contributed by atoms with Crippen LogP contribution in [0.4, 0.5) is 0 Å². The Bertz CT molecular complexity index is 1140. The Labute approximate surface area is 261 Å². The second-order valence-electron chi connectivity index (χ2n) is 18.0. The first-order chi connectivity index (χ1) is 20.1. The van der Waals surface area contributed by atoms with Crippen molar-refractivity contribution in [3.63, 3.8) is 0 Å². The molecule has 0 spiro atoms. The number of carboxylic acids is 1. The maximum atomic E-state index is 14.0. The number of Topliss-reactive ketones (excluding diaryl/α,β-unsaturated/α-hetero) is 1. The molecule has 0 aromatic heterocycles. The molecule has 0 heterocycles. The van der Waals surface area contributed by atoms with E-state index in [4.69, 9.17) is 4.74 Å². The third kappa shape index (κ3) is 4.45. The van der Waals surface area contributed by atoms with Crippen molar-refractivity contribution in [3.05, 3.63) is 0 Å². The first kappa shape index (κ1) is 31.6. The molecule has 0 aliphatic heterocycles. The zero-order valence-corrected chi connectivity index (χ0v) is 28.3. The number of fused-ring (bicyclic) bond motifs is 7. The van der Waals surface area contributed by atoms with E-state index < -0.39 is 5.97 Å². The lowest BCUT2D eigenvalue weighted by Crippen LogP contribution is -2.67. The highest BCUT2D eigenvalue weighted by Crippen LogP contribution is 2.77. The van der Waals surface area contributed by atoms with Crippen LogP contribution in [0.15, 0.2) is 0 Å². The molecule has 0 aromatic carbocycles. The molecule has 10 atom stereocenters. The lowest BCUT2D eigenvalue weighted by atomic mass is 9.32. The van der Waals surface area contributed by atoms with Crippen LogP contribution in [0, 0.1) is 68.5 Å². The second-order valence-corrected chi connectivity index (χ2v) is 18.0. The number of ketones is 1. The van der Waals surface area contributed by atoms with Gasteiger partial charge < -0.3 is 9.84 Å². The van der Waals surface area contributed by atoms with E-state index in [0.717, 1.165) is 57.8 Å². The Morgan fingerprint density at radius 3 is 2.12 bits per heavy atom. The smallest absolute Gasteiger partial charge is 0.309 e. The first-order valence-corrected chi connectivity index (χ1v) is 18.1. The molecule has 4 unspecified atom stereocenters. The van der Waals surface area contributed by atoms with Crippen LogP contribution < -0.4 is 0 Å².